The first kappa shape index (κ1) is 26.4. The molecule has 218 valence electrons. The van der Waals surface area contributed by atoms with E-state index in [1.807, 2.05) is 48.3 Å². The predicted molar refractivity (Wildman–Crippen MR) is 161 cm³/mol. The van der Waals surface area contributed by atoms with Crippen LogP contribution in [-0.4, -0.2) is 53.5 Å². The fourth-order valence-corrected chi connectivity index (χ4v) is 7.24. The molecule has 1 saturated heterocycles. The van der Waals surface area contributed by atoms with Crippen LogP contribution in [0.25, 0.3) is 27.9 Å². The monoisotopic (exact) mass is 605 g/mol. The summed E-state index contributed by atoms with van der Waals surface area (Å²) in [7, 11) is 0. The normalized spacial score (nSPS) is 19.8. The molecule has 1 saturated carbocycles. The smallest absolute Gasteiger partial charge is 0.247 e. The number of hydrogen-bond acceptors (Lipinski definition) is 8. The summed E-state index contributed by atoms with van der Waals surface area (Å²) in [5, 5.41) is 15.9. The molecule has 0 bridgehead atoms. The number of nitrogens with zero attached hydrogens (tertiary/aromatic N) is 6. The van der Waals surface area contributed by atoms with Gasteiger partial charge in [-0.25, -0.2) is 9.59 Å². The molecule has 12 heteroatoms. The van der Waals surface area contributed by atoms with E-state index in [0.29, 0.717) is 34.9 Å². The number of tetrazole rings is 1. The molecule has 2 aromatic heterocycles. The van der Waals surface area contributed by atoms with Gasteiger partial charge in [0.1, 0.15) is 18.1 Å². The van der Waals surface area contributed by atoms with Crippen molar-refractivity contribution in [2.24, 2.45) is 0 Å². The van der Waals surface area contributed by atoms with E-state index in [9.17, 15) is 14.4 Å². The largest absolute Gasteiger partial charge is 0.455 e. The van der Waals surface area contributed by atoms with Crippen LogP contribution in [0.3, 0.4) is 0 Å². The lowest BCUT2D eigenvalue weighted by atomic mass is 9.98. The van der Waals surface area contributed by atoms with Gasteiger partial charge < -0.3 is 15.0 Å². The van der Waals surface area contributed by atoms with Gasteiger partial charge in [-0.15, -0.1) is 5.10 Å². The number of benzene rings is 2. The molecule has 0 unspecified atom stereocenters. The van der Waals surface area contributed by atoms with Crippen molar-refractivity contribution in [1.29, 1.82) is 0 Å². The summed E-state index contributed by atoms with van der Waals surface area (Å²) < 4.78 is 9.74. The van der Waals surface area contributed by atoms with Gasteiger partial charge in [-0.1, -0.05) is 11.6 Å². The van der Waals surface area contributed by atoms with Crippen LogP contribution in [0, 0.1) is 0 Å². The van der Waals surface area contributed by atoms with Crippen molar-refractivity contribution in [1.82, 2.24) is 29.7 Å². The first-order valence-electron chi connectivity index (χ1n) is 14.4. The van der Waals surface area contributed by atoms with Crippen molar-refractivity contribution in [3.05, 3.63) is 88.6 Å². The molecular formula is C32H24ClN7O4. The number of amides is 1. The number of rotatable bonds is 4. The quantitative estimate of drug-likeness (QED) is 0.329. The molecule has 4 aromatic rings. The maximum Gasteiger partial charge on any atom is 0.247 e. The molecule has 1 amide bonds. The zero-order valence-electron chi connectivity index (χ0n) is 23.3. The van der Waals surface area contributed by atoms with E-state index in [1.54, 1.807) is 23.1 Å². The van der Waals surface area contributed by atoms with Gasteiger partial charge in [-0.2, -0.15) is 4.68 Å². The van der Waals surface area contributed by atoms with Crippen LogP contribution in [0.2, 0.25) is 5.02 Å². The number of ether oxygens (including phenoxy) is 1. The Morgan fingerprint density at radius 2 is 1.93 bits per heavy atom. The zero-order chi connectivity index (χ0) is 30.0. The summed E-state index contributed by atoms with van der Waals surface area (Å²) in [5.41, 5.74) is 5.00. The van der Waals surface area contributed by atoms with Gasteiger partial charge in [0.15, 0.2) is 17.6 Å². The molecule has 1 aliphatic carbocycles. The molecule has 44 heavy (non-hydrogen) atoms. The number of nitrogens with one attached hydrogen (secondary N) is 1. The standard InChI is InChI=1S/C32H24ClN7O4/c33-21-3-6-27(38-18-34-36-37-38)25(15-21)19-12-23-5-8-28(39(23)24(13-19)16-41)31(43)35-22-4-7-26-20(11-22)14-29-30(17-42)44-32(40(26)29)9-1-2-10-32/h3-4,6-7,11-15,18,28H,1-2,5,8-10H2,(H,35,43)/t28-/m0/s1. The maximum absolute atomic E-state index is 13.6. The lowest BCUT2D eigenvalue weighted by molar-refractivity contribution is -0.119. The number of aromatic nitrogens is 5. The molecule has 3 aliphatic heterocycles. The van der Waals surface area contributed by atoms with E-state index in [-0.39, 0.29) is 17.4 Å². The highest BCUT2D eigenvalue weighted by molar-refractivity contribution is 6.30. The Morgan fingerprint density at radius 1 is 1.07 bits per heavy atom. The van der Waals surface area contributed by atoms with Crippen LogP contribution in [0.1, 0.15) is 49.8 Å². The minimum Gasteiger partial charge on any atom is -0.455 e. The second-order valence-corrected chi connectivity index (χ2v) is 11.8. The molecule has 1 N–H and O–H groups in total. The summed E-state index contributed by atoms with van der Waals surface area (Å²) in [6.07, 6.45) is 9.99. The number of carbonyl (C=O) groups is 1. The summed E-state index contributed by atoms with van der Waals surface area (Å²) >= 11 is 6.34. The maximum atomic E-state index is 13.6. The Balaban J connectivity index is 1.07. The topological polar surface area (TPSA) is 124 Å². The van der Waals surface area contributed by atoms with Gasteiger partial charge in [-0.3, -0.25) is 9.36 Å². The fourth-order valence-electron chi connectivity index (χ4n) is 7.07. The molecule has 11 nitrogen and oxygen atoms in total. The Kier molecular flexibility index (Phi) is 5.96. The molecule has 2 fully saturated rings. The molecular weight excluding hydrogens is 582 g/mol. The predicted octanol–water partition coefficient (Wildman–Crippen LogP) is 4.80. The highest BCUT2D eigenvalue weighted by Crippen LogP contribution is 2.49. The molecule has 2 aromatic carbocycles. The van der Waals surface area contributed by atoms with Crippen LogP contribution >= 0.6 is 11.6 Å². The number of fused-ring (bicyclic) bond motifs is 5. The molecule has 4 aliphatic rings. The van der Waals surface area contributed by atoms with Gasteiger partial charge in [0.25, 0.3) is 0 Å². The number of halogens is 1. The second kappa shape index (κ2) is 9.92. The molecule has 1 atom stereocenters. The third-order valence-corrected chi connectivity index (χ3v) is 9.16. The lowest BCUT2D eigenvalue weighted by Gasteiger charge is -2.29. The van der Waals surface area contributed by atoms with E-state index < -0.39 is 11.8 Å². The van der Waals surface area contributed by atoms with E-state index >= 15 is 0 Å². The third-order valence-electron chi connectivity index (χ3n) is 8.92. The summed E-state index contributed by atoms with van der Waals surface area (Å²) in [4.78, 5) is 39.3. The van der Waals surface area contributed by atoms with Crippen molar-refractivity contribution < 1.29 is 19.1 Å². The van der Waals surface area contributed by atoms with Gasteiger partial charge in [0.05, 0.1) is 16.9 Å². The third kappa shape index (κ3) is 3.98. The minimum atomic E-state index is -0.594. The number of allylic oxidation sites excluding steroid dienone is 4. The Hall–Kier alpha value is -5.21. The van der Waals surface area contributed by atoms with E-state index in [0.717, 1.165) is 53.4 Å². The van der Waals surface area contributed by atoms with Crippen molar-refractivity contribution in [2.75, 3.05) is 5.32 Å². The first-order valence-corrected chi connectivity index (χ1v) is 14.8. The highest BCUT2D eigenvalue weighted by Gasteiger charge is 2.47. The summed E-state index contributed by atoms with van der Waals surface area (Å²) in [6, 6.07) is 12.4. The average Bonchev–Trinajstić information content (AvgIpc) is 3.87. The van der Waals surface area contributed by atoms with Crippen LogP contribution < -0.4 is 5.32 Å². The highest BCUT2D eigenvalue weighted by atomic mass is 35.5. The van der Waals surface area contributed by atoms with Crippen molar-refractivity contribution in [2.45, 2.75) is 50.3 Å². The van der Waals surface area contributed by atoms with Crippen molar-refractivity contribution >= 4 is 57.3 Å². The number of carbonyl (C=O) groups excluding carboxylic acids is 3. The van der Waals surface area contributed by atoms with Crippen LogP contribution in [0.5, 0.6) is 0 Å². The van der Waals surface area contributed by atoms with Gasteiger partial charge in [0.2, 0.25) is 11.7 Å². The Bertz CT molecular complexity index is 2040. The summed E-state index contributed by atoms with van der Waals surface area (Å²) in [5.74, 6) is 4.00. The minimum absolute atomic E-state index is 0.229. The fraction of sp³-hybridized carbons (Fsp3) is 0.250. The molecule has 5 heterocycles. The van der Waals surface area contributed by atoms with Gasteiger partial charge in [-0.05, 0) is 96.3 Å². The molecule has 1 spiro atoms. The SMILES string of the molecule is O=C=C1OC2(CCCC2)n2c1cc1cc(NC(=O)[C@@H]3CCC4=CC(c5cc(Cl)ccc5-n5cnnn5)=CC(=C=O)N43)ccc12. The Labute approximate surface area is 255 Å². The van der Waals surface area contributed by atoms with Crippen molar-refractivity contribution in [3.63, 3.8) is 0 Å². The van der Waals surface area contributed by atoms with E-state index in [4.69, 9.17) is 16.3 Å². The second-order valence-electron chi connectivity index (χ2n) is 11.4. The average molecular weight is 606 g/mol. The number of hydrogen-bond donors (Lipinski definition) is 1. The molecule has 8 rings (SSSR count). The lowest BCUT2D eigenvalue weighted by Crippen LogP contribution is -2.39. The zero-order valence-corrected chi connectivity index (χ0v) is 24.0. The van der Waals surface area contributed by atoms with Crippen LogP contribution in [0.4, 0.5) is 5.69 Å². The molecule has 0 radical (unpaired) electrons. The Morgan fingerprint density at radius 3 is 2.70 bits per heavy atom. The van der Waals surface area contributed by atoms with Crippen molar-refractivity contribution in [3.8, 4) is 5.69 Å². The first-order chi connectivity index (χ1) is 21.5. The summed E-state index contributed by atoms with van der Waals surface area (Å²) in [6.45, 7) is 0. The van der Waals surface area contributed by atoms with Gasteiger partial charge in [0, 0.05) is 40.2 Å². The van der Waals surface area contributed by atoms with Crippen LogP contribution in [-0.2, 0) is 24.8 Å². The van der Waals surface area contributed by atoms with Gasteiger partial charge >= 0.3 is 0 Å². The van der Waals surface area contributed by atoms with Crippen LogP contribution in [0.15, 0.2) is 72.3 Å². The van der Waals surface area contributed by atoms with E-state index in [2.05, 4.69) is 25.4 Å². The number of anilines is 1. The van der Waals surface area contributed by atoms with E-state index in [1.165, 1.54) is 11.0 Å².